The van der Waals surface area contributed by atoms with E-state index >= 15 is 56.7 Å². The molecule has 26 nitrogen and oxygen atoms in total. The number of carbonyl (C=O) groups excluding carboxylic acids is 12. The van der Waals surface area contributed by atoms with Gasteiger partial charge >= 0.3 is 12.4 Å². The Kier molecular flexibility index (Phi) is 31.6. The van der Waals surface area contributed by atoms with Crippen LogP contribution in [-0.4, -0.2) is 301 Å². The van der Waals surface area contributed by atoms with Crippen molar-refractivity contribution in [3.8, 4) is 0 Å². The normalized spacial score (nSPS) is 32.7. The molecule has 2 bridgehead atoms. The molecule has 12 atom stereocenters. The fourth-order valence-electron chi connectivity index (χ4n) is 19.0. The molecule has 5 saturated carbocycles. The van der Waals surface area contributed by atoms with Crippen LogP contribution in [0.1, 0.15) is 194 Å². The number of likely N-dealkylation sites (N-methyl/N-ethyl adjacent to an activating group) is 6. The predicted octanol–water partition coefficient (Wildman–Crippen LogP) is 7.05. The van der Waals surface area contributed by atoms with Crippen LogP contribution in [0.25, 0.3) is 0 Å². The minimum Gasteiger partial charge on any atom is -0.378 e. The van der Waals surface area contributed by atoms with Crippen LogP contribution < -0.4 is 16.0 Å². The topological polar surface area (TPSA) is 289 Å². The van der Waals surface area contributed by atoms with Crippen molar-refractivity contribution < 1.29 is 102 Å². The molecule has 5 aliphatic carbocycles. The van der Waals surface area contributed by atoms with Crippen LogP contribution in [0.4, 0.5) is 35.1 Å². The summed E-state index contributed by atoms with van der Waals surface area (Å²) in [7, 11) is 8.18. The summed E-state index contributed by atoms with van der Waals surface area (Å²) in [6, 6.07) is -11.4. The molecule has 4 heterocycles. The molecule has 0 radical (unpaired) electrons. The Balaban J connectivity index is 1.12. The first kappa shape index (κ1) is 90.7. The van der Waals surface area contributed by atoms with E-state index in [-0.39, 0.29) is 129 Å². The first-order valence-corrected chi connectivity index (χ1v) is 41.5. The maximum Gasteiger partial charge on any atom is 0.397 e. The van der Waals surface area contributed by atoms with Crippen molar-refractivity contribution >= 4 is 70.9 Å². The predicted molar refractivity (Wildman–Crippen MR) is 402 cm³/mol. The third-order valence-corrected chi connectivity index (χ3v) is 26.4. The first-order chi connectivity index (χ1) is 53.9. The molecule has 0 aromatic rings. The van der Waals surface area contributed by atoms with E-state index in [0.717, 1.165) is 51.7 Å². The highest BCUT2D eigenvalue weighted by atomic mass is 19.4. The molecule has 8 fully saturated rings. The van der Waals surface area contributed by atoms with Gasteiger partial charge in [0.15, 0.2) is 0 Å². The van der Waals surface area contributed by atoms with Gasteiger partial charge in [0, 0.05) is 81.5 Å². The maximum atomic E-state index is 15.9. The zero-order chi connectivity index (χ0) is 83.4. The average molecular weight is 1630 g/mol. The molecule has 3 saturated heterocycles. The second-order valence-electron chi connectivity index (χ2n) is 34.0. The number of alkyl halides is 8. The standard InChI is InChI=1S/C80H122F8N12O14/c1-10-48(3)67-75(110)93(5)47-65(103)94(6)58-25-16-13-19-34-99(74(58)109)62(42-50-26-29-53(30-27-50)79(83,84)85)72(107)92(4)46-63(101)89-57(31-28-51-39-55(81)66(56(82)40-51)80(86,87)88)71(106)100-45-54(114-11-2)43-60(100)70(105)91-78(32-20-33-78)77(112)97(9)68(52-23-17-18-24-52)76(111)96(8)61(73(108)98-35-37-113-38-36-98)44-64(102)95(7)59(69(104)90-67)41-49-21-14-12-15-22-49/h13,16,48-62,66-68H,10-12,14-15,17-47H2,1-9H3,(H,89,101)(H,90,104)(H,91,105)/b16-13-/t48-,50?,51?,53?,54+,55?,56?,57-,58-,59-,60-,61-,62-,66?,67-,68-/m0/s1. The van der Waals surface area contributed by atoms with Gasteiger partial charge in [0.1, 0.15) is 72.1 Å². The number of fused-ring (bicyclic) bond motifs is 3. The molecule has 114 heavy (non-hydrogen) atoms. The molecule has 642 valence electrons. The van der Waals surface area contributed by atoms with E-state index < -0.39 is 230 Å². The summed E-state index contributed by atoms with van der Waals surface area (Å²) in [5, 5.41) is 8.56. The molecule has 3 N–H and O–H groups in total. The SMILES string of the molecule is CCO[C@@H]1C[C@H]2C(=O)NC3(CCC3)C(=O)N(C)[C@@H](C3CCCC3)C(=O)N(C)[C@H](C(=O)N3CCOCC3)CC(=O)N(C)[C@@H](CC3CCCCC3)C(=O)N[C@@H]([C@@H](C)CC)C(=O)N(C)CC(=O)N(C)[C@H]3C/C=C\CCN(C3=O)[C@@H](CC3CCC(C(F)(F)F)CC3)C(=O)N(C)CC(=O)N[C@@H](CCC3CC(F)C(C(F)(F)F)C(F)C3)C(=O)N2C1. The van der Waals surface area contributed by atoms with Crippen molar-refractivity contribution in [2.75, 3.05) is 101 Å². The lowest BCUT2D eigenvalue weighted by Crippen LogP contribution is -2.68. The second kappa shape index (κ2) is 39.8. The van der Waals surface area contributed by atoms with E-state index in [9.17, 15) is 35.9 Å². The molecular weight excluding hydrogens is 1500 g/mol. The highest BCUT2D eigenvalue weighted by Crippen LogP contribution is 2.46. The number of morpholine rings is 1. The number of hydrogen-bond donors (Lipinski definition) is 3. The van der Waals surface area contributed by atoms with Gasteiger partial charge in [-0.05, 0) is 146 Å². The number of amides is 12. The Morgan fingerprint density at radius 1 is 0.596 bits per heavy atom. The van der Waals surface area contributed by atoms with Gasteiger partial charge in [0.05, 0.1) is 44.7 Å². The average Bonchev–Trinajstić information content (AvgIpc) is 1.28. The van der Waals surface area contributed by atoms with Crippen LogP contribution in [0.5, 0.6) is 0 Å². The number of nitrogens with one attached hydrogen (secondary N) is 3. The van der Waals surface area contributed by atoms with E-state index in [1.165, 1.54) is 66.8 Å². The van der Waals surface area contributed by atoms with Crippen molar-refractivity contribution in [1.82, 2.24) is 60.0 Å². The number of rotatable bonds is 13. The number of nitrogens with zero attached hydrogens (tertiary/aromatic N) is 9. The number of halogens is 8. The Labute approximate surface area is 664 Å². The maximum absolute atomic E-state index is 15.9. The summed E-state index contributed by atoms with van der Waals surface area (Å²) in [4.78, 5) is 195. The van der Waals surface area contributed by atoms with Gasteiger partial charge in [-0.15, -0.1) is 0 Å². The summed E-state index contributed by atoms with van der Waals surface area (Å²) in [6.45, 7) is 3.84. The molecule has 1 spiro atoms. The largest absolute Gasteiger partial charge is 0.397 e. The molecule has 2 unspecified atom stereocenters. The fraction of sp³-hybridized carbons (Fsp3) is 0.825. The van der Waals surface area contributed by atoms with Crippen LogP contribution in [0.2, 0.25) is 0 Å². The van der Waals surface area contributed by atoms with Crippen LogP contribution in [0.15, 0.2) is 12.2 Å². The van der Waals surface area contributed by atoms with E-state index in [1.807, 2.05) is 0 Å². The van der Waals surface area contributed by atoms with Gasteiger partial charge in [-0.2, -0.15) is 26.3 Å². The molecular formula is C80H122F8N12O14. The Bertz CT molecular complexity index is 3410. The number of ether oxygens (including phenoxy) is 2. The Morgan fingerprint density at radius 3 is 1.81 bits per heavy atom. The van der Waals surface area contributed by atoms with Crippen LogP contribution in [-0.2, 0) is 67.0 Å². The van der Waals surface area contributed by atoms with E-state index in [0.29, 0.717) is 38.5 Å². The molecule has 9 aliphatic rings. The number of hydrogen-bond acceptors (Lipinski definition) is 14. The van der Waals surface area contributed by atoms with Crippen molar-refractivity contribution in [2.45, 2.75) is 279 Å². The van der Waals surface area contributed by atoms with Crippen molar-refractivity contribution in [3.05, 3.63) is 12.2 Å². The molecule has 0 aromatic carbocycles. The zero-order valence-electron chi connectivity index (χ0n) is 67.8. The summed E-state index contributed by atoms with van der Waals surface area (Å²) < 4.78 is 127. The quantitative estimate of drug-likeness (QED) is 0.123. The third-order valence-electron chi connectivity index (χ3n) is 26.4. The minimum atomic E-state index is -5.22. The van der Waals surface area contributed by atoms with Crippen molar-refractivity contribution in [1.29, 1.82) is 0 Å². The lowest BCUT2D eigenvalue weighted by molar-refractivity contribution is -0.219. The highest BCUT2D eigenvalue weighted by Gasteiger charge is 2.57. The summed E-state index contributed by atoms with van der Waals surface area (Å²) >= 11 is 0. The van der Waals surface area contributed by atoms with E-state index in [4.69, 9.17) is 9.47 Å². The Hall–Kier alpha value is -7.26. The smallest absolute Gasteiger partial charge is 0.378 e. The van der Waals surface area contributed by atoms with Crippen molar-refractivity contribution in [2.24, 2.45) is 41.4 Å². The van der Waals surface area contributed by atoms with Gasteiger partial charge in [0.2, 0.25) is 70.9 Å². The van der Waals surface area contributed by atoms with Gasteiger partial charge in [-0.25, -0.2) is 8.78 Å². The molecule has 4 aliphatic heterocycles. The van der Waals surface area contributed by atoms with Gasteiger partial charge < -0.3 is 69.5 Å². The lowest BCUT2D eigenvalue weighted by Gasteiger charge is -2.47. The molecule has 34 heteroatoms. The van der Waals surface area contributed by atoms with Gasteiger partial charge in [-0.3, -0.25) is 57.5 Å². The molecule has 12 amide bonds. The number of carbonyl (C=O) groups is 12. The monoisotopic (exact) mass is 1630 g/mol. The van der Waals surface area contributed by atoms with E-state index in [2.05, 4.69) is 16.0 Å². The van der Waals surface area contributed by atoms with E-state index in [1.54, 1.807) is 32.9 Å². The first-order valence-electron chi connectivity index (χ1n) is 41.5. The summed E-state index contributed by atoms with van der Waals surface area (Å²) in [5.74, 6) is -16.6. The molecule has 9 rings (SSSR count). The second-order valence-corrected chi connectivity index (χ2v) is 34.0. The van der Waals surface area contributed by atoms with Gasteiger partial charge in [0.25, 0.3) is 0 Å². The summed E-state index contributed by atoms with van der Waals surface area (Å²) in [6.07, 6.45) is -8.91. The Morgan fingerprint density at radius 2 is 1.21 bits per heavy atom. The fourth-order valence-corrected chi connectivity index (χ4v) is 19.0. The summed E-state index contributed by atoms with van der Waals surface area (Å²) in [5.41, 5.74) is -1.70. The van der Waals surface area contributed by atoms with Crippen LogP contribution in [0.3, 0.4) is 0 Å². The van der Waals surface area contributed by atoms with Crippen LogP contribution >= 0.6 is 0 Å². The minimum absolute atomic E-state index is 0.00361. The lowest BCUT2D eigenvalue weighted by atomic mass is 9.74. The van der Waals surface area contributed by atoms with Gasteiger partial charge in [-0.1, -0.05) is 77.4 Å². The van der Waals surface area contributed by atoms with Crippen LogP contribution in [0, 0.1) is 41.4 Å². The van der Waals surface area contributed by atoms with Crippen molar-refractivity contribution in [3.63, 3.8) is 0 Å². The third kappa shape index (κ3) is 21.9. The molecule has 0 aromatic heterocycles. The zero-order valence-corrected chi connectivity index (χ0v) is 67.8. The highest BCUT2D eigenvalue weighted by molar-refractivity contribution is 6.01.